The first-order valence-electron chi connectivity index (χ1n) is 3.87. The molecule has 1 N–H and O–H groups in total. The minimum Gasteiger partial charge on any atom is -0.369 e. The zero-order chi connectivity index (χ0) is 8.65. The molecule has 1 aromatic heterocycles. The molecule has 0 aliphatic rings. The van der Waals surface area contributed by atoms with Gasteiger partial charge in [0.1, 0.15) is 12.1 Å². The number of aromatic nitrogens is 2. The minimum absolute atomic E-state index is 0.948. The fourth-order valence-corrected chi connectivity index (χ4v) is 1.71. The van der Waals surface area contributed by atoms with E-state index in [-0.39, 0.29) is 0 Å². The smallest absolute Gasteiger partial charge is 0.133 e. The monoisotopic (exact) mass is 201 g/mol. The fraction of sp³-hybridized carbons (Fsp3) is 0.571. The Kier molecular flexibility index (Phi) is 5.04. The minimum atomic E-state index is 0.948. The lowest BCUT2D eigenvalue weighted by atomic mass is 10.7. The maximum absolute atomic E-state index is 4.07. The molecule has 0 atom stereocenters. The zero-order valence-corrected chi connectivity index (χ0v) is 8.74. The predicted octanol–water partition coefficient (Wildman–Crippen LogP) is 2.22. The van der Waals surface area contributed by atoms with Gasteiger partial charge in [-0.25, -0.2) is 9.73 Å². The molecule has 3 nitrogen and oxygen atoms in total. The molecule has 0 spiro atoms. The van der Waals surface area contributed by atoms with Gasteiger partial charge in [-0.3, -0.25) is 0 Å². The lowest BCUT2D eigenvalue weighted by Crippen LogP contribution is -2.04. The third-order valence-electron chi connectivity index (χ3n) is 1.25. The van der Waals surface area contributed by atoms with E-state index in [0.29, 0.717) is 0 Å². The molecule has 0 fully saturated rings. The van der Waals surface area contributed by atoms with Gasteiger partial charge in [-0.05, 0) is 5.75 Å². The normalized spacial score (nSPS) is 10.4. The Morgan fingerprint density at radius 2 is 2.58 bits per heavy atom. The van der Waals surface area contributed by atoms with Crippen molar-refractivity contribution in [1.29, 1.82) is 0 Å². The summed E-state index contributed by atoms with van der Waals surface area (Å²) in [5.41, 5.74) is 0. The van der Waals surface area contributed by atoms with Gasteiger partial charge in [-0.15, -0.1) is 0 Å². The first kappa shape index (κ1) is 9.75. The highest BCUT2D eigenvalue weighted by Gasteiger charge is 1.90. The van der Waals surface area contributed by atoms with Gasteiger partial charge in [0, 0.05) is 26.4 Å². The van der Waals surface area contributed by atoms with E-state index in [9.17, 15) is 0 Å². The summed E-state index contributed by atoms with van der Waals surface area (Å²) >= 11 is 1.93. The zero-order valence-electron chi connectivity index (χ0n) is 7.03. The van der Waals surface area contributed by atoms with Crippen LogP contribution < -0.4 is 5.32 Å². The van der Waals surface area contributed by atoms with Crippen molar-refractivity contribution in [3.8, 4) is 0 Å². The van der Waals surface area contributed by atoms with Gasteiger partial charge >= 0.3 is 0 Å². The second-order valence-corrected chi connectivity index (χ2v) is 4.23. The average Bonchev–Trinajstić information content (AvgIpc) is 2.14. The van der Waals surface area contributed by atoms with Crippen LogP contribution in [0, 0.1) is 0 Å². The van der Waals surface area contributed by atoms with Crippen molar-refractivity contribution in [2.75, 3.05) is 23.4 Å². The van der Waals surface area contributed by atoms with Crippen molar-refractivity contribution in [1.82, 2.24) is 9.73 Å². The Balaban J connectivity index is 2.16. The van der Waals surface area contributed by atoms with Crippen LogP contribution in [0.25, 0.3) is 0 Å². The molecule has 0 amide bonds. The standard InChI is InChI=1S/C7H12N3PS/c1-2-12-4-3-8-7-5-11-10-6-9-7/h5-6H,2-4H2,1H3,(H,8,9,10). The highest BCUT2D eigenvalue weighted by molar-refractivity contribution is 7.99. The first-order chi connectivity index (χ1) is 5.93. The molecule has 0 aromatic carbocycles. The van der Waals surface area contributed by atoms with Crippen LogP contribution in [0.15, 0.2) is 12.1 Å². The van der Waals surface area contributed by atoms with Crippen LogP contribution in [0.3, 0.4) is 0 Å². The van der Waals surface area contributed by atoms with Crippen molar-refractivity contribution in [2.45, 2.75) is 6.92 Å². The fourth-order valence-electron chi connectivity index (χ4n) is 0.726. The van der Waals surface area contributed by atoms with Crippen LogP contribution in [0.2, 0.25) is 0 Å². The van der Waals surface area contributed by atoms with Crippen LogP contribution in [0.4, 0.5) is 5.82 Å². The molecule has 1 aromatic rings. The van der Waals surface area contributed by atoms with E-state index in [0.717, 1.165) is 26.5 Å². The summed E-state index contributed by atoms with van der Waals surface area (Å²) in [5, 5.41) is 3.23. The summed E-state index contributed by atoms with van der Waals surface area (Å²) in [7, 11) is 0.975. The number of nitrogens with zero attached hydrogens (tertiary/aromatic N) is 2. The molecule has 12 heavy (non-hydrogen) atoms. The van der Waals surface area contributed by atoms with E-state index in [2.05, 4.69) is 22.0 Å². The van der Waals surface area contributed by atoms with E-state index >= 15 is 0 Å². The van der Waals surface area contributed by atoms with Crippen LogP contribution >= 0.6 is 20.1 Å². The van der Waals surface area contributed by atoms with E-state index in [1.165, 1.54) is 5.75 Å². The molecule has 0 bridgehead atoms. The van der Waals surface area contributed by atoms with Crippen molar-refractivity contribution in [3.05, 3.63) is 12.1 Å². The molecular formula is C7H12N3PS. The molecule has 1 rings (SSSR count). The Hall–Kier alpha value is -0.340. The Labute approximate surface area is 78.6 Å². The number of anilines is 1. The van der Waals surface area contributed by atoms with Gasteiger partial charge < -0.3 is 5.32 Å². The summed E-state index contributed by atoms with van der Waals surface area (Å²) in [5.74, 6) is 5.23. The summed E-state index contributed by atoms with van der Waals surface area (Å²) in [4.78, 5) is 4.07. The van der Waals surface area contributed by atoms with Gasteiger partial charge in [0.05, 0.1) is 0 Å². The molecule has 0 unspecified atom stereocenters. The summed E-state index contributed by atoms with van der Waals surface area (Å²) < 4.78 is 3.93. The van der Waals surface area contributed by atoms with Crippen molar-refractivity contribution in [2.24, 2.45) is 0 Å². The molecule has 66 valence electrons. The van der Waals surface area contributed by atoms with Crippen LogP contribution in [-0.2, 0) is 0 Å². The Morgan fingerprint density at radius 1 is 1.67 bits per heavy atom. The van der Waals surface area contributed by atoms with E-state index in [1.54, 1.807) is 6.33 Å². The number of hydrogen-bond acceptors (Lipinski definition) is 4. The third kappa shape index (κ3) is 3.88. The van der Waals surface area contributed by atoms with Crippen molar-refractivity contribution in [3.63, 3.8) is 0 Å². The van der Waals surface area contributed by atoms with Crippen molar-refractivity contribution < 1.29 is 0 Å². The maximum atomic E-state index is 4.07. The third-order valence-corrected chi connectivity index (χ3v) is 2.75. The highest BCUT2D eigenvalue weighted by atomic mass is 32.2. The molecule has 5 heteroatoms. The number of nitrogens with one attached hydrogen (secondary N) is 1. The number of hydrogen-bond donors (Lipinski definition) is 1. The molecule has 0 aliphatic heterocycles. The quantitative estimate of drug-likeness (QED) is 0.741. The lowest BCUT2D eigenvalue weighted by molar-refractivity contribution is 1.16. The molecule has 0 saturated heterocycles. The SMILES string of the molecule is CCSCCNc1cpncn1. The van der Waals surface area contributed by atoms with Gasteiger partial charge in [-0.2, -0.15) is 11.8 Å². The lowest BCUT2D eigenvalue weighted by Gasteiger charge is -2.02. The molecule has 0 aliphatic carbocycles. The van der Waals surface area contributed by atoms with Crippen LogP contribution in [-0.4, -0.2) is 27.8 Å². The average molecular weight is 201 g/mol. The van der Waals surface area contributed by atoms with E-state index in [4.69, 9.17) is 0 Å². The maximum Gasteiger partial charge on any atom is 0.133 e. The molecule has 1 heterocycles. The molecular weight excluding hydrogens is 189 g/mol. The largest absolute Gasteiger partial charge is 0.369 e. The van der Waals surface area contributed by atoms with Gasteiger partial charge in [0.2, 0.25) is 0 Å². The predicted molar refractivity (Wildman–Crippen MR) is 56.0 cm³/mol. The summed E-state index contributed by atoms with van der Waals surface area (Å²) in [6.07, 6.45) is 1.59. The molecule has 0 saturated carbocycles. The number of thioether (sulfide) groups is 1. The summed E-state index contributed by atoms with van der Waals surface area (Å²) in [6, 6.07) is 0. The van der Waals surface area contributed by atoms with E-state index < -0.39 is 0 Å². The topological polar surface area (TPSA) is 37.8 Å². The van der Waals surface area contributed by atoms with Gasteiger partial charge in [0.15, 0.2) is 0 Å². The first-order valence-corrected chi connectivity index (χ1v) is 5.95. The Bertz CT molecular complexity index is 207. The Morgan fingerprint density at radius 3 is 3.25 bits per heavy atom. The summed E-state index contributed by atoms with van der Waals surface area (Å²) in [6.45, 7) is 3.15. The van der Waals surface area contributed by atoms with Gasteiger partial charge in [-0.1, -0.05) is 6.92 Å². The second kappa shape index (κ2) is 6.21. The highest BCUT2D eigenvalue weighted by Crippen LogP contribution is 2.06. The van der Waals surface area contributed by atoms with Crippen LogP contribution in [0.5, 0.6) is 0 Å². The van der Waals surface area contributed by atoms with E-state index in [1.807, 2.05) is 17.6 Å². The second-order valence-electron chi connectivity index (χ2n) is 2.11. The molecule has 0 radical (unpaired) electrons. The number of rotatable bonds is 5. The van der Waals surface area contributed by atoms with Gasteiger partial charge in [0.25, 0.3) is 0 Å². The van der Waals surface area contributed by atoms with Crippen molar-refractivity contribution >= 4 is 25.9 Å². The van der Waals surface area contributed by atoms with Crippen LogP contribution in [0.1, 0.15) is 6.92 Å².